The Morgan fingerprint density at radius 2 is 1.09 bits per heavy atom. The van der Waals surface area contributed by atoms with Crippen LogP contribution < -0.4 is 4.74 Å². The summed E-state index contributed by atoms with van der Waals surface area (Å²) in [6, 6.07) is 43.7. The van der Waals surface area contributed by atoms with Gasteiger partial charge in [0.1, 0.15) is 11.5 Å². The molecule has 8 rings (SSSR count). The molecular formula is C34H20O. The van der Waals surface area contributed by atoms with Crippen LogP contribution in [0.5, 0.6) is 11.5 Å². The van der Waals surface area contributed by atoms with Crippen molar-refractivity contribution in [3.63, 3.8) is 0 Å². The van der Waals surface area contributed by atoms with Crippen LogP contribution in [0.15, 0.2) is 121 Å². The highest BCUT2D eigenvalue weighted by atomic mass is 16.5. The minimum absolute atomic E-state index is 0.928. The fourth-order valence-electron chi connectivity index (χ4n) is 5.73. The lowest BCUT2D eigenvalue weighted by molar-refractivity contribution is 0.489. The lowest BCUT2D eigenvalue weighted by Crippen LogP contribution is -1.98. The van der Waals surface area contributed by atoms with E-state index in [1.807, 2.05) is 0 Å². The predicted octanol–water partition coefficient (Wildman–Crippen LogP) is 9.74. The Kier molecular flexibility index (Phi) is 3.72. The average Bonchev–Trinajstić information content (AvgIpc) is 2.91. The van der Waals surface area contributed by atoms with Crippen molar-refractivity contribution in [1.29, 1.82) is 0 Å². The van der Waals surface area contributed by atoms with E-state index >= 15 is 0 Å². The second-order valence-electron chi connectivity index (χ2n) is 9.37. The van der Waals surface area contributed by atoms with Gasteiger partial charge in [0.05, 0.1) is 0 Å². The van der Waals surface area contributed by atoms with Crippen molar-refractivity contribution in [1.82, 2.24) is 0 Å². The van der Waals surface area contributed by atoms with Gasteiger partial charge in [0.25, 0.3) is 0 Å². The van der Waals surface area contributed by atoms with Gasteiger partial charge in [-0.25, -0.2) is 0 Å². The van der Waals surface area contributed by atoms with Gasteiger partial charge < -0.3 is 4.74 Å². The van der Waals surface area contributed by atoms with Gasteiger partial charge in [-0.15, -0.1) is 0 Å². The van der Waals surface area contributed by atoms with Crippen molar-refractivity contribution in [2.75, 3.05) is 0 Å². The molecule has 1 nitrogen and oxygen atoms in total. The molecule has 0 aromatic heterocycles. The second-order valence-corrected chi connectivity index (χ2v) is 9.37. The summed E-state index contributed by atoms with van der Waals surface area (Å²) in [5.41, 5.74) is 4.67. The molecule has 0 N–H and O–H groups in total. The van der Waals surface area contributed by atoms with E-state index in [4.69, 9.17) is 4.74 Å². The maximum Gasteiger partial charge on any atom is 0.143 e. The van der Waals surface area contributed by atoms with Crippen LogP contribution in [0.4, 0.5) is 0 Å². The Balaban J connectivity index is 1.34. The molecule has 1 heterocycles. The summed E-state index contributed by atoms with van der Waals surface area (Å²) in [7, 11) is 0. The second kappa shape index (κ2) is 6.94. The van der Waals surface area contributed by atoms with Gasteiger partial charge >= 0.3 is 0 Å². The van der Waals surface area contributed by atoms with Gasteiger partial charge in [-0.3, -0.25) is 0 Å². The first kappa shape index (κ1) is 18.8. The van der Waals surface area contributed by atoms with Crippen LogP contribution in [0, 0.1) is 0 Å². The molecule has 7 aromatic carbocycles. The van der Waals surface area contributed by atoms with Crippen LogP contribution in [-0.2, 0) is 0 Å². The Morgan fingerprint density at radius 1 is 0.400 bits per heavy atom. The lowest BCUT2D eigenvalue weighted by atomic mass is 9.90. The first-order valence-corrected chi connectivity index (χ1v) is 12.0. The first-order chi connectivity index (χ1) is 17.3. The van der Waals surface area contributed by atoms with E-state index in [9.17, 15) is 0 Å². The molecular weight excluding hydrogens is 424 g/mol. The molecule has 0 saturated heterocycles. The van der Waals surface area contributed by atoms with Gasteiger partial charge in [-0.1, -0.05) is 97.1 Å². The number of hydrogen-bond donors (Lipinski definition) is 0. The quantitative estimate of drug-likeness (QED) is 0.181. The van der Waals surface area contributed by atoms with Crippen LogP contribution in [0.25, 0.3) is 65.3 Å². The number of fused-ring (bicyclic) bond motifs is 6. The van der Waals surface area contributed by atoms with Crippen molar-refractivity contribution >= 4 is 43.1 Å². The molecule has 0 bridgehead atoms. The van der Waals surface area contributed by atoms with Gasteiger partial charge in [0.15, 0.2) is 0 Å². The molecule has 162 valence electrons. The van der Waals surface area contributed by atoms with Crippen molar-refractivity contribution in [2.45, 2.75) is 0 Å². The molecule has 0 fully saturated rings. The molecule has 7 aromatic rings. The maximum atomic E-state index is 6.57. The molecule has 1 aliphatic rings. The maximum absolute atomic E-state index is 6.57. The third-order valence-electron chi connectivity index (χ3n) is 7.40. The van der Waals surface area contributed by atoms with Crippen LogP contribution in [0.3, 0.4) is 0 Å². The fraction of sp³-hybridized carbons (Fsp3) is 0. The molecule has 1 heteroatoms. The van der Waals surface area contributed by atoms with E-state index in [0.29, 0.717) is 0 Å². The molecule has 0 unspecified atom stereocenters. The van der Waals surface area contributed by atoms with Crippen molar-refractivity contribution in [3.8, 4) is 33.8 Å². The Labute approximate surface area is 202 Å². The zero-order valence-electron chi connectivity index (χ0n) is 19.0. The Morgan fingerprint density at radius 3 is 1.97 bits per heavy atom. The molecule has 0 radical (unpaired) electrons. The highest BCUT2D eigenvalue weighted by Gasteiger charge is 2.22. The Hall–Kier alpha value is -4.62. The van der Waals surface area contributed by atoms with Crippen molar-refractivity contribution < 1.29 is 4.74 Å². The molecule has 0 atom stereocenters. The zero-order chi connectivity index (χ0) is 22.9. The van der Waals surface area contributed by atoms with Crippen molar-refractivity contribution in [2.24, 2.45) is 0 Å². The third kappa shape index (κ3) is 2.70. The summed E-state index contributed by atoms with van der Waals surface area (Å²) >= 11 is 0. The fourth-order valence-corrected chi connectivity index (χ4v) is 5.73. The molecule has 0 aliphatic carbocycles. The van der Waals surface area contributed by atoms with Gasteiger partial charge in [-0.05, 0) is 73.1 Å². The van der Waals surface area contributed by atoms with Gasteiger partial charge in [-0.2, -0.15) is 0 Å². The highest BCUT2D eigenvalue weighted by Crippen LogP contribution is 2.50. The summed E-state index contributed by atoms with van der Waals surface area (Å²) in [4.78, 5) is 0. The first-order valence-electron chi connectivity index (χ1n) is 12.0. The highest BCUT2D eigenvalue weighted by molar-refractivity contribution is 6.13. The lowest BCUT2D eigenvalue weighted by Gasteiger charge is -2.23. The summed E-state index contributed by atoms with van der Waals surface area (Å²) in [6.45, 7) is 0. The summed E-state index contributed by atoms with van der Waals surface area (Å²) in [5.74, 6) is 1.86. The monoisotopic (exact) mass is 444 g/mol. The predicted molar refractivity (Wildman–Crippen MR) is 147 cm³/mol. The van der Waals surface area contributed by atoms with E-state index in [-0.39, 0.29) is 0 Å². The number of benzene rings is 7. The van der Waals surface area contributed by atoms with Crippen LogP contribution in [-0.4, -0.2) is 0 Å². The molecule has 1 aliphatic heterocycles. The normalized spacial score (nSPS) is 12.2. The minimum Gasteiger partial charge on any atom is -0.455 e. The SMILES string of the molecule is c1cc(-c2ccc3c(ccc4cc5ccccc5cc43)c2)c2c(c1)-c1cccc3cccc(c13)O2. The smallest absolute Gasteiger partial charge is 0.143 e. The van der Waals surface area contributed by atoms with E-state index in [2.05, 4.69) is 121 Å². The minimum atomic E-state index is 0.928. The van der Waals surface area contributed by atoms with Gasteiger partial charge in [0.2, 0.25) is 0 Å². The average molecular weight is 445 g/mol. The number of ether oxygens (including phenoxy) is 1. The topological polar surface area (TPSA) is 9.23 Å². The van der Waals surface area contributed by atoms with Crippen molar-refractivity contribution in [3.05, 3.63) is 121 Å². The number of para-hydroxylation sites is 1. The standard InChI is InChI=1S/C34H20O/c1-2-7-23-20-31-26(18-22(23)6-1)15-14-24-19-25(16-17-27(24)31)28-10-5-12-30-29-11-3-8-21-9-4-13-32(33(21)29)35-34(28)30/h1-20H. The largest absolute Gasteiger partial charge is 0.455 e. The van der Waals surface area contributed by atoms with E-state index in [0.717, 1.165) is 22.6 Å². The summed E-state index contributed by atoms with van der Waals surface area (Å²) in [6.07, 6.45) is 0. The molecule has 0 saturated carbocycles. The van der Waals surface area contributed by atoms with E-state index in [1.54, 1.807) is 0 Å². The van der Waals surface area contributed by atoms with E-state index < -0.39 is 0 Å². The van der Waals surface area contributed by atoms with Crippen LogP contribution in [0.2, 0.25) is 0 Å². The van der Waals surface area contributed by atoms with Crippen LogP contribution >= 0.6 is 0 Å². The molecule has 0 amide bonds. The summed E-state index contributed by atoms with van der Waals surface area (Å²) < 4.78 is 6.57. The number of hydrogen-bond acceptors (Lipinski definition) is 1. The summed E-state index contributed by atoms with van der Waals surface area (Å²) in [5, 5.41) is 10.0. The van der Waals surface area contributed by atoms with Crippen LogP contribution in [0.1, 0.15) is 0 Å². The molecule has 0 spiro atoms. The Bertz CT molecular complexity index is 1970. The van der Waals surface area contributed by atoms with Gasteiger partial charge in [0, 0.05) is 16.5 Å². The third-order valence-corrected chi connectivity index (χ3v) is 7.40. The number of rotatable bonds is 1. The van der Waals surface area contributed by atoms with E-state index in [1.165, 1.54) is 54.2 Å². The molecule has 35 heavy (non-hydrogen) atoms. The zero-order valence-corrected chi connectivity index (χ0v) is 19.0.